The van der Waals surface area contributed by atoms with Crippen LogP contribution in [0.25, 0.3) is 0 Å². The van der Waals surface area contributed by atoms with Crippen molar-refractivity contribution in [1.29, 1.82) is 0 Å². The standard InChI is InChI=1S/C29H32N2O3/c1-4-21(2)29(33)30-22(3)19-27(25-17-11-12-18-26(25)30)31(23-13-7-5-8-14-23)28(32)20-34-24-15-9-6-10-16-24/h5-18,21-22,27H,4,19-20H2,1-3H3/t21-,22-,27+/m1/s1. The maximum absolute atomic E-state index is 13.6. The van der Waals surface area contributed by atoms with Crippen molar-refractivity contribution in [1.82, 2.24) is 0 Å². The van der Waals surface area contributed by atoms with Crippen LogP contribution in [0.3, 0.4) is 0 Å². The maximum atomic E-state index is 13.6. The molecule has 0 fully saturated rings. The molecule has 0 saturated heterocycles. The smallest absolute Gasteiger partial charge is 0.265 e. The summed E-state index contributed by atoms with van der Waals surface area (Å²) in [6, 6.07) is 26.8. The molecule has 0 bridgehead atoms. The summed E-state index contributed by atoms with van der Waals surface area (Å²) in [6.45, 7) is 6.01. The molecule has 3 atom stereocenters. The second-order valence-electron chi connectivity index (χ2n) is 8.88. The molecule has 1 aliphatic rings. The quantitative estimate of drug-likeness (QED) is 0.437. The number of hydrogen-bond donors (Lipinski definition) is 0. The first-order chi connectivity index (χ1) is 16.5. The summed E-state index contributed by atoms with van der Waals surface area (Å²) in [5, 5.41) is 0. The van der Waals surface area contributed by atoms with Gasteiger partial charge in [-0.3, -0.25) is 9.59 Å². The molecule has 0 saturated carbocycles. The van der Waals surface area contributed by atoms with Gasteiger partial charge in [-0.25, -0.2) is 0 Å². The topological polar surface area (TPSA) is 49.9 Å². The molecule has 3 aromatic carbocycles. The monoisotopic (exact) mass is 456 g/mol. The van der Waals surface area contributed by atoms with Crippen molar-refractivity contribution < 1.29 is 14.3 Å². The third kappa shape index (κ3) is 4.84. The zero-order chi connectivity index (χ0) is 24.1. The van der Waals surface area contributed by atoms with Gasteiger partial charge in [-0.1, -0.05) is 68.4 Å². The zero-order valence-corrected chi connectivity index (χ0v) is 20.1. The van der Waals surface area contributed by atoms with E-state index in [1.54, 1.807) is 0 Å². The van der Waals surface area contributed by atoms with Gasteiger partial charge in [0.05, 0.1) is 6.04 Å². The zero-order valence-electron chi connectivity index (χ0n) is 20.1. The van der Waals surface area contributed by atoms with Gasteiger partial charge in [-0.05, 0) is 55.7 Å². The molecule has 0 aliphatic carbocycles. The van der Waals surface area contributed by atoms with Gasteiger partial charge in [-0.15, -0.1) is 0 Å². The van der Waals surface area contributed by atoms with Crippen molar-refractivity contribution in [2.24, 2.45) is 5.92 Å². The van der Waals surface area contributed by atoms with E-state index in [0.717, 1.165) is 23.4 Å². The molecule has 3 aromatic rings. The largest absolute Gasteiger partial charge is 0.484 e. The van der Waals surface area contributed by atoms with Gasteiger partial charge in [-0.2, -0.15) is 0 Å². The van der Waals surface area contributed by atoms with Crippen molar-refractivity contribution in [2.75, 3.05) is 16.4 Å². The van der Waals surface area contributed by atoms with Crippen LogP contribution in [0, 0.1) is 5.92 Å². The first-order valence-corrected chi connectivity index (χ1v) is 12.0. The van der Waals surface area contributed by atoms with E-state index >= 15 is 0 Å². The summed E-state index contributed by atoms with van der Waals surface area (Å²) >= 11 is 0. The highest BCUT2D eigenvalue weighted by Crippen LogP contribution is 2.42. The number of rotatable bonds is 7. The molecule has 2 amide bonds. The van der Waals surface area contributed by atoms with Gasteiger partial charge in [0.25, 0.3) is 5.91 Å². The predicted octanol–water partition coefficient (Wildman–Crippen LogP) is 6.01. The summed E-state index contributed by atoms with van der Waals surface area (Å²) in [4.78, 5) is 30.7. The van der Waals surface area contributed by atoms with Crippen LogP contribution in [0.4, 0.5) is 11.4 Å². The van der Waals surface area contributed by atoms with Gasteiger partial charge in [0, 0.05) is 23.3 Å². The van der Waals surface area contributed by atoms with E-state index in [4.69, 9.17) is 4.74 Å². The SMILES string of the molecule is CC[C@@H](C)C(=O)N1c2ccccc2[C@@H](N(C(=O)COc2ccccc2)c2ccccc2)C[C@H]1C. The van der Waals surface area contributed by atoms with E-state index < -0.39 is 0 Å². The maximum Gasteiger partial charge on any atom is 0.265 e. The van der Waals surface area contributed by atoms with Gasteiger partial charge < -0.3 is 14.5 Å². The Morgan fingerprint density at radius 3 is 2.26 bits per heavy atom. The number of carbonyl (C=O) groups excluding carboxylic acids is 2. The van der Waals surface area contributed by atoms with Crippen molar-refractivity contribution >= 4 is 23.2 Å². The summed E-state index contributed by atoms with van der Waals surface area (Å²) < 4.78 is 5.83. The Labute approximate surface area is 202 Å². The predicted molar refractivity (Wildman–Crippen MR) is 136 cm³/mol. The van der Waals surface area contributed by atoms with E-state index in [9.17, 15) is 9.59 Å². The minimum absolute atomic E-state index is 0.0459. The Hall–Kier alpha value is -3.60. The summed E-state index contributed by atoms with van der Waals surface area (Å²) in [5.41, 5.74) is 2.68. The number of ether oxygens (including phenoxy) is 1. The fourth-order valence-electron chi connectivity index (χ4n) is 4.59. The number of hydrogen-bond acceptors (Lipinski definition) is 3. The number of fused-ring (bicyclic) bond motifs is 1. The summed E-state index contributed by atoms with van der Waals surface area (Å²) in [5.74, 6) is 0.611. The number of amides is 2. The Balaban J connectivity index is 1.71. The second-order valence-corrected chi connectivity index (χ2v) is 8.88. The van der Waals surface area contributed by atoms with E-state index in [-0.39, 0.29) is 36.4 Å². The molecule has 5 nitrogen and oxygen atoms in total. The molecule has 0 aromatic heterocycles. The molecular weight excluding hydrogens is 424 g/mol. The lowest BCUT2D eigenvalue weighted by atomic mass is 9.88. The first-order valence-electron chi connectivity index (χ1n) is 12.0. The molecular formula is C29H32N2O3. The lowest BCUT2D eigenvalue weighted by molar-refractivity contribution is -0.122. The molecule has 0 spiro atoms. The Morgan fingerprint density at radius 1 is 0.971 bits per heavy atom. The molecule has 0 unspecified atom stereocenters. The third-order valence-electron chi connectivity index (χ3n) is 6.55. The van der Waals surface area contributed by atoms with Crippen LogP contribution in [0.15, 0.2) is 84.9 Å². The molecule has 1 heterocycles. The van der Waals surface area contributed by atoms with Gasteiger partial charge in [0.2, 0.25) is 5.91 Å². The van der Waals surface area contributed by atoms with Crippen molar-refractivity contribution in [3.63, 3.8) is 0 Å². The van der Waals surface area contributed by atoms with Crippen LogP contribution in [-0.2, 0) is 9.59 Å². The van der Waals surface area contributed by atoms with Crippen LogP contribution < -0.4 is 14.5 Å². The molecule has 176 valence electrons. The van der Waals surface area contributed by atoms with Crippen LogP contribution in [0.5, 0.6) is 5.75 Å². The third-order valence-corrected chi connectivity index (χ3v) is 6.55. The molecule has 0 radical (unpaired) electrons. The Morgan fingerprint density at radius 2 is 1.59 bits per heavy atom. The normalized spacial score (nSPS) is 18.0. The molecule has 34 heavy (non-hydrogen) atoms. The summed E-state index contributed by atoms with van der Waals surface area (Å²) in [6.07, 6.45) is 1.43. The molecule has 0 N–H and O–H groups in total. The number of benzene rings is 3. The highest BCUT2D eigenvalue weighted by molar-refractivity contribution is 5.99. The van der Waals surface area contributed by atoms with Gasteiger partial charge >= 0.3 is 0 Å². The van der Waals surface area contributed by atoms with Crippen LogP contribution in [0.2, 0.25) is 0 Å². The fraction of sp³-hybridized carbons (Fsp3) is 0.310. The highest BCUT2D eigenvalue weighted by Gasteiger charge is 2.39. The fourth-order valence-corrected chi connectivity index (χ4v) is 4.59. The van der Waals surface area contributed by atoms with Gasteiger partial charge in [0.15, 0.2) is 6.61 Å². The molecule has 5 heteroatoms. The lowest BCUT2D eigenvalue weighted by Crippen LogP contribution is -2.49. The van der Waals surface area contributed by atoms with E-state index in [1.165, 1.54) is 0 Å². The van der Waals surface area contributed by atoms with Crippen LogP contribution in [-0.4, -0.2) is 24.5 Å². The van der Waals surface area contributed by atoms with Crippen molar-refractivity contribution in [3.8, 4) is 5.75 Å². The average Bonchev–Trinajstić information content (AvgIpc) is 2.88. The van der Waals surface area contributed by atoms with Crippen molar-refractivity contribution in [2.45, 2.75) is 45.7 Å². The van der Waals surface area contributed by atoms with Crippen LogP contribution in [0.1, 0.15) is 45.2 Å². The molecule has 4 rings (SSSR count). The Bertz CT molecular complexity index is 1120. The molecule has 1 aliphatic heterocycles. The number of anilines is 2. The summed E-state index contributed by atoms with van der Waals surface area (Å²) in [7, 11) is 0. The van der Waals surface area contributed by atoms with Crippen LogP contribution >= 0.6 is 0 Å². The van der Waals surface area contributed by atoms with E-state index in [0.29, 0.717) is 12.2 Å². The highest BCUT2D eigenvalue weighted by atomic mass is 16.5. The van der Waals surface area contributed by atoms with Crippen molar-refractivity contribution in [3.05, 3.63) is 90.5 Å². The Kier molecular flexibility index (Phi) is 7.31. The van der Waals surface area contributed by atoms with E-state index in [2.05, 4.69) is 6.92 Å². The first kappa shape index (κ1) is 23.6. The average molecular weight is 457 g/mol. The minimum atomic E-state index is -0.207. The van der Waals surface area contributed by atoms with E-state index in [1.807, 2.05) is 109 Å². The number of nitrogens with zero attached hydrogens (tertiary/aromatic N) is 2. The number of para-hydroxylation sites is 3. The number of carbonyl (C=O) groups is 2. The van der Waals surface area contributed by atoms with Gasteiger partial charge in [0.1, 0.15) is 5.75 Å². The lowest BCUT2D eigenvalue weighted by Gasteiger charge is -2.44. The minimum Gasteiger partial charge on any atom is -0.484 e. The second kappa shape index (κ2) is 10.6.